The lowest BCUT2D eigenvalue weighted by atomic mass is 9.48. The van der Waals surface area contributed by atoms with E-state index in [9.17, 15) is 0 Å². The summed E-state index contributed by atoms with van der Waals surface area (Å²) in [7, 11) is 0. The van der Waals surface area contributed by atoms with E-state index in [4.69, 9.17) is 0 Å². The third-order valence-corrected chi connectivity index (χ3v) is 5.52. The summed E-state index contributed by atoms with van der Waals surface area (Å²) in [6.45, 7) is 2.16. The summed E-state index contributed by atoms with van der Waals surface area (Å²) in [5.41, 5.74) is 3.15. The Morgan fingerprint density at radius 1 is 1.06 bits per heavy atom. The van der Waals surface area contributed by atoms with Crippen LogP contribution in [0.2, 0.25) is 0 Å². The predicted molar refractivity (Wildman–Crippen MR) is 66.6 cm³/mol. The molecule has 1 heterocycles. The van der Waals surface area contributed by atoms with Crippen molar-refractivity contribution in [3.05, 3.63) is 23.8 Å². The van der Waals surface area contributed by atoms with Crippen LogP contribution in [0.1, 0.15) is 49.8 Å². The highest BCUT2D eigenvalue weighted by molar-refractivity contribution is 5.29. The van der Waals surface area contributed by atoms with Crippen LogP contribution in [-0.2, 0) is 5.41 Å². The molecule has 0 aliphatic heterocycles. The molecule has 0 radical (unpaired) electrons. The predicted octanol–water partition coefficient (Wildman–Crippen LogP) is 3.25. The number of aryl methyl sites for hydroxylation is 1. The highest BCUT2D eigenvalue weighted by atomic mass is 14.8. The number of hydrogen-bond acceptors (Lipinski definition) is 2. The van der Waals surface area contributed by atoms with Crippen molar-refractivity contribution in [3.63, 3.8) is 0 Å². The molecule has 4 fully saturated rings. The average Bonchev–Trinajstić information content (AvgIpc) is 2.27. The van der Waals surface area contributed by atoms with Gasteiger partial charge < -0.3 is 0 Å². The summed E-state index contributed by atoms with van der Waals surface area (Å²) in [4.78, 5) is 8.72. The van der Waals surface area contributed by atoms with Gasteiger partial charge in [0.05, 0.1) is 0 Å². The summed E-state index contributed by atoms with van der Waals surface area (Å²) >= 11 is 0. The van der Waals surface area contributed by atoms with Gasteiger partial charge in [-0.3, -0.25) is 0 Å². The number of aromatic nitrogens is 2. The lowest BCUT2D eigenvalue weighted by Gasteiger charge is -2.57. The molecule has 0 N–H and O–H groups in total. The molecule has 0 saturated heterocycles. The third-order valence-electron chi connectivity index (χ3n) is 5.52. The second-order valence-electron chi connectivity index (χ2n) is 6.72. The zero-order valence-electron chi connectivity index (χ0n) is 10.5. The fraction of sp³-hybridized carbons (Fsp3) is 0.733. The van der Waals surface area contributed by atoms with Crippen LogP contribution in [0.25, 0.3) is 0 Å². The molecular weight excluding hydrogens is 208 g/mol. The van der Waals surface area contributed by atoms with Gasteiger partial charge in [0.2, 0.25) is 0 Å². The van der Waals surface area contributed by atoms with Gasteiger partial charge in [0.15, 0.2) is 0 Å². The minimum absolute atomic E-state index is 0.458. The summed E-state index contributed by atoms with van der Waals surface area (Å²) in [5, 5.41) is 0. The van der Waals surface area contributed by atoms with Crippen molar-refractivity contribution in [1.82, 2.24) is 9.97 Å². The second kappa shape index (κ2) is 3.30. The average molecular weight is 228 g/mol. The van der Waals surface area contributed by atoms with Crippen molar-refractivity contribution in [2.24, 2.45) is 17.8 Å². The van der Waals surface area contributed by atoms with Crippen LogP contribution in [0.15, 0.2) is 12.5 Å². The highest BCUT2D eigenvalue weighted by Gasteiger charge is 2.52. The summed E-state index contributed by atoms with van der Waals surface area (Å²) in [6.07, 6.45) is 12.5. The molecule has 1 aromatic rings. The Bertz CT molecular complexity index is 417. The van der Waals surface area contributed by atoms with Crippen LogP contribution in [0, 0.1) is 24.7 Å². The van der Waals surface area contributed by atoms with Gasteiger partial charge in [0.25, 0.3) is 0 Å². The van der Waals surface area contributed by atoms with E-state index in [1.54, 1.807) is 6.33 Å². The Morgan fingerprint density at radius 3 is 2.18 bits per heavy atom. The molecule has 0 unspecified atom stereocenters. The van der Waals surface area contributed by atoms with Crippen LogP contribution >= 0.6 is 0 Å². The topological polar surface area (TPSA) is 25.8 Å². The van der Waals surface area contributed by atoms with Gasteiger partial charge in [-0.2, -0.15) is 0 Å². The maximum absolute atomic E-state index is 4.43. The van der Waals surface area contributed by atoms with E-state index in [0.29, 0.717) is 5.41 Å². The van der Waals surface area contributed by atoms with E-state index < -0.39 is 0 Å². The van der Waals surface area contributed by atoms with Gasteiger partial charge in [0, 0.05) is 11.9 Å². The van der Waals surface area contributed by atoms with Crippen molar-refractivity contribution in [1.29, 1.82) is 0 Å². The molecular formula is C15H20N2. The molecule has 0 amide bonds. The lowest BCUT2D eigenvalue weighted by molar-refractivity contribution is -0.00580. The molecule has 1 aromatic heterocycles. The Hall–Kier alpha value is -0.920. The molecule has 0 aromatic carbocycles. The first kappa shape index (κ1) is 10.0. The van der Waals surface area contributed by atoms with Gasteiger partial charge >= 0.3 is 0 Å². The molecule has 0 spiro atoms. The van der Waals surface area contributed by atoms with Crippen LogP contribution in [0.5, 0.6) is 0 Å². The first-order valence-electron chi connectivity index (χ1n) is 7.02. The maximum Gasteiger partial charge on any atom is 0.115 e. The number of hydrogen-bond donors (Lipinski definition) is 0. The van der Waals surface area contributed by atoms with Crippen LogP contribution < -0.4 is 0 Å². The highest BCUT2D eigenvalue weighted by Crippen LogP contribution is 2.60. The molecule has 4 aliphatic rings. The molecule has 2 heteroatoms. The van der Waals surface area contributed by atoms with Gasteiger partial charge in [-0.25, -0.2) is 9.97 Å². The number of rotatable bonds is 1. The Balaban J connectivity index is 1.80. The van der Waals surface area contributed by atoms with Gasteiger partial charge in [-0.05, 0) is 74.2 Å². The largest absolute Gasteiger partial charge is 0.244 e. The van der Waals surface area contributed by atoms with Crippen LogP contribution in [0.3, 0.4) is 0 Å². The molecule has 4 bridgehead atoms. The SMILES string of the molecule is Cc1ncncc1C12CC3CC(CC(C3)C1)C2. The van der Waals surface area contributed by atoms with Gasteiger partial charge in [0.1, 0.15) is 6.33 Å². The van der Waals surface area contributed by atoms with Crippen molar-refractivity contribution >= 4 is 0 Å². The Kier molecular flexibility index (Phi) is 1.95. The normalized spacial score (nSPS) is 43.0. The molecule has 0 atom stereocenters. The Labute approximate surface area is 103 Å². The fourth-order valence-electron chi connectivity index (χ4n) is 5.35. The zero-order valence-corrected chi connectivity index (χ0v) is 10.5. The van der Waals surface area contributed by atoms with Crippen molar-refractivity contribution in [2.45, 2.75) is 50.9 Å². The first-order chi connectivity index (χ1) is 8.25. The van der Waals surface area contributed by atoms with Crippen LogP contribution in [-0.4, -0.2) is 9.97 Å². The van der Waals surface area contributed by atoms with Crippen molar-refractivity contribution in [3.8, 4) is 0 Å². The first-order valence-corrected chi connectivity index (χ1v) is 7.02. The minimum Gasteiger partial charge on any atom is -0.244 e. The van der Waals surface area contributed by atoms with Crippen molar-refractivity contribution < 1.29 is 0 Å². The standard InChI is InChI=1S/C15H20N2/c1-10-14(8-16-9-17-10)15-5-11-2-12(6-15)4-13(3-11)7-15/h8-9,11-13H,2-7H2,1H3. The molecule has 90 valence electrons. The zero-order chi connectivity index (χ0) is 11.5. The molecule has 4 saturated carbocycles. The van der Waals surface area contributed by atoms with E-state index in [2.05, 4.69) is 23.1 Å². The minimum atomic E-state index is 0.458. The molecule has 4 aliphatic carbocycles. The van der Waals surface area contributed by atoms with E-state index >= 15 is 0 Å². The molecule has 5 rings (SSSR count). The second-order valence-corrected chi connectivity index (χ2v) is 6.72. The maximum atomic E-state index is 4.43. The quantitative estimate of drug-likeness (QED) is 0.737. The van der Waals surface area contributed by atoms with E-state index in [1.165, 1.54) is 49.8 Å². The number of nitrogens with zero attached hydrogens (tertiary/aromatic N) is 2. The summed E-state index contributed by atoms with van der Waals surface area (Å²) in [6, 6.07) is 0. The molecule has 17 heavy (non-hydrogen) atoms. The van der Waals surface area contributed by atoms with Gasteiger partial charge in [-0.1, -0.05) is 0 Å². The van der Waals surface area contributed by atoms with Crippen LogP contribution in [0.4, 0.5) is 0 Å². The fourth-order valence-corrected chi connectivity index (χ4v) is 5.35. The lowest BCUT2D eigenvalue weighted by Crippen LogP contribution is -2.48. The van der Waals surface area contributed by atoms with E-state index in [0.717, 1.165) is 17.8 Å². The molecule has 2 nitrogen and oxygen atoms in total. The smallest absolute Gasteiger partial charge is 0.115 e. The van der Waals surface area contributed by atoms with Gasteiger partial charge in [-0.15, -0.1) is 0 Å². The third kappa shape index (κ3) is 1.39. The summed E-state index contributed by atoms with van der Waals surface area (Å²) in [5.74, 6) is 3.00. The monoisotopic (exact) mass is 228 g/mol. The van der Waals surface area contributed by atoms with Crippen molar-refractivity contribution in [2.75, 3.05) is 0 Å². The van der Waals surface area contributed by atoms with E-state index in [1.807, 2.05) is 0 Å². The van der Waals surface area contributed by atoms with E-state index in [-0.39, 0.29) is 0 Å². The summed E-state index contributed by atoms with van der Waals surface area (Å²) < 4.78 is 0. The Morgan fingerprint density at radius 2 is 1.65 bits per heavy atom.